The largest absolute Gasteiger partial charge is 0.466 e. The van der Waals surface area contributed by atoms with Crippen molar-refractivity contribution in [1.29, 1.82) is 0 Å². The van der Waals surface area contributed by atoms with Crippen LogP contribution in [0.25, 0.3) is 0 Å². The Balaban J connectivity index is 0.000000280. The second kappa shape index (κ2) is 11.4. The van der Waals surface area contributed by atoms with Gasteiger partial charge in [-0.3, -0.25) is 4.79 Å². The lowest BCUT2D eigenvalue weighted by Gasteiger charge is -2.00. The third-order valence-electron chi connectivity index (χ3n) is 1.65. The molecule has 1 aliphatic heterocycles. The van der Waals surface area contributed by atoms with E-state index in [2.05, 4.69) is 4.74 Å². The molecule has 1 heterocycles. The molecule has 15 heavy (non-hydrogen) atoms. The second-order valence-electron chi connectivity index (χ2n) is 2.92. The van der Waals surface area contributed by atoms with Crippen LogP contribution in [0.2, 0.25) is 0 Å². The van der Waals surface area contributed by atoms with Crippen molar-refractivity contribution >= 4 is 5.97 Å². The van der Waals surface area contributed by atoms with Crippen LogP contribution >= 0.6 is 0 Å². The van der Waals surface area contributed by atoms with Crippen LogP contribution in [0.1, 0.15) is 12.8 Å². The molecule has 5 heteroatoms. The molecule has 1 rings (SSSR count). The lowest BCUT2D eigenvalue weighted by atomic mass is 10.4. The summed E-state index contributed by atoms with van der Waals surface area (Å²) in [6, 6.07) is 0. The maximum absolute atomic E-state index is 10.0. The lowest BCUT2D eigenvalue weighted by molar-refractivity contribution is -0.137. The van der Waals surface area contributed by atoms with Gasteiger partial charge in [-0.25, -0.2) is 0 Å². The molecule has 0 N–H and O–H groups in total. The Morgan fingerprint density at radius 3 is 2.00 bits per heavy atom. The Hall–Kier alpha value is -0.650. The van der Waals surface area contributed by atoms with Gasteiger partial charge in [0.25, 0.3) is 0 Å². The molecule has 5 nitrogen and oxygen atoms in total. The molecule has 1 fully saturated rings. The first-order valence-corrected chi connectivity index (χ1v) is 5.02. The monoisotopic (exact) mass is 220 g/mol. The van der Waals surface area contributed by atoms with Gasteiger partial charge in [-0.2, -0.15) is 0 Å². The smallest absolute Gasteiger partial charge is 0.305 e. The van der Waals surface area contributed by atoms with Crippen LogP contribution in [0, 0.1) is 0 Å². The highest BCUT2D eigenvalue weighted by Crippen LogP contribution is 2.01. The standard InChI is InChI=1S/C6H14O3.C4H6O2/c1-7-3-5-9-6-4-8-2;5-4-2-1-3-6-4/h3-6H2,1-2H3;1-3H2. The van der Waals surface area contributed by atoms with Crippen LogP contribution in [0.4, 0.5) is 0 Å². The molecule has 0 saturated carbocycles. The van der Waals surface area contributed by atoms with Crippen LogP contribution in [0.3, 0.4) is 0 Å². The van der Waals surface area contributed by atoms with E-state index in [0.29, 0.717) is 39.5 Å². The van der Waals surface area contributed by atoms with Crippen LogP contribution in [-0.2, 0) is 23.7 Å². The Bertz CT molecular complexity index is 135. The molecule has 0 aliphatic carbocycles. The maximum atomic E-state index is 10.0. The van der Waals surface area contributed by atoms with Crippen molar-refractivity contribution in [2.45, 2.75) is 12.8 Å². The topological polar surface area (TPSA) is 54.0 Å². The fourth-order valence-corrected chi connectivity index (χ4v) is 0.861. The number of methoxy groups -OCH3 is 2. The molecular formula is C10H20O5. The van der Waals surface area contributed by atoms with Crippen LogP contribution < -0.4 is 0 Å². The lowest BCUT2D eigenvalue weighted by Crippen LogP contribution is -2.06. The summed E-state index contributed by atoms with van der Waals surface area (Å²) in [7, 11) is 3.30. The molecular weight excluding hydrogens is 200 g/mol. The van der Waals surface area contributed by atoms with Gasteiger partial charge in [-0.15, -0.1) is 0 Å². The summed E-state index contributed by atoms with van der Waals surface area (Å²) in [6.45, 7) is 3.26. The van der Waals surface area contributed by atoms with Crippen molar-refractivity contribution in [1.82, 2.24) is 0 Å². The minimum Gasteiger partial charge on any atom is -0.466 e. The van der Waals surface area contributed by atoms with Crippen molar-refractivity contribution in [3.8, 4) is 0 Å². The highest BCUT2D eigenvalue weighted by Gasteiger charge is 2.08. The fourth-order valence-electron chi connectivity index (χ4n) is 0.861. The number of esters is 1. The number of hydrogen-bond donors (Lipinski definition) is 0. The second-order valence-corrected chi connectivity index (χ2v) is 2.92. The van der Waals surface area contributed by atoms with E-state index >= 15 is 0 Å². The van der Waals surface area contributed by atoms with Gasteiger partial charge in [0, 0.05) is 20.6 Å². The molecule has 0 spiro atoms. The summed E-state index contributed by atoms with van der Waals surface area (Å²) in [5.74, 6) is -0.0463. The van der Waals surface area contributed by atoms with Gasteiger partial charge in [0.15, 0.2) is 0 Å². The summed E-state index contributed by atoms with van der Waals surface area (Å²) in [4.78, 5) is 10.0. The summed E-state index contributed by atoms with van der Waals surface area (Å²) in [6.07, 6.45) is 1.54. The molecule has 0 unspecified atom stereocenters. The number of carbonyl (C=O) groups is 1. The maximum Gasteiger partial charge on any atom is 0.305 e. The quantitative estimate of drug-likeness (QED) is 0.485. The molecule has 90 valence electrons. The Morgan fingerprint density at radius 1 is 1.13 bits per heavy atom. The van der Waals surface area contributed by atoms with E-state index in [9.17, 15) is 4.79 Å². The number of carbonyl (C=O) groups excluding carboxylic acids is 1. The average molecular weight is 220 g/mol. The number of hydrogen-bond acceptors (Lipinski definition) is 5. The van der Waals surface area contributed by atoms with E-state index in [1.165, 1.54) is 0 Å². The fraction of sp³-hybridized carbons (Fsp3) is 0.900. The first kappa shape index (κ1) is 14.3. The summed E-state index contributed by atoms with van der Waals surface area (Å²) in [5, 5.41) is 0. The zero-order valence-electron chi connectivity index (χ0n) is 9.49. The van der Waals surface area contributed by atoms with Gasteiger partial charge in [0.05, 0.1) is 33.0 Å². The molecule has 1 aliphatic rings. The normalized spacial score (nSPS) is 14.4. The molecule has 0 aromatic carbocycles. The van der Waals surface area contributed by atoms with Crippen molar-refractivity contribution in [3.63, 3.8) is 0 Å². The van der Waals surface area contributed by atoms with Crippen molar-refractivity contribution in [3.05, 3.63) is 0 Å². The molecule has 0 amide bonds. The first-order chi connectivity index (χ1) is 7.31. The molecule has 0 aromatic heterocycles. The van der Waals surface area contributed by atoms with Crippen molar-refractivity contribution < 1.29 is 23.7 Å². The van der Waals surface area contributed by atoms with E-state index < -0.39 is 0 Å². The summed E-state index contributed by atoms with van der Waals surface area (Å²) >= 11 is 0. The molecule has 0 radical (unpaired) electrons. The number of rotatable bonds is 6. The van der Waals surface area contributed by atoms with E-state index in [1.807, 2.05) is 0 Å². The van der Waals surface area contributed by atoms with Crippen molar-refractivity contribution in [2.75, 3.05) is 47.3 Å². The van der Waals surface area contributed by atoms with Crippen LogP contribution in [0.5, 0.6) is 0 Å². The SMILES string of the molecule is COCCOCCOC.O=C1CCCO1. The third-order valence-corrected chi connectivity index (χ3v) is 1.65. The van der Waals surface area contributed by atoms with E-state index in [1.54, 1.807) is 14.2 Å². The van der Waals surface area contributed by atoms with Gasteiger partial charge in [-0.1, -0.05) is 0 Å². The average Bonchev–Trinajstić information content (AvgIpc) is 2.70. The zero-order valence-corrected chi connectivity index (χ0v) is 9.49. The molecule has 1 saturated heterocycles. The molecule has 0 atom stereocenters. The minimum absolute atomic E-state index is 0.0463. The third kappa shape index (κ3) is 11.3. The van der Waals surface area contributed by atoms with Gasteiger partial charge in [0.1, 0.15) is 0 Å². The van der Waals surface area contributed by atoms with Gasteiger partial charge in [-0.05, 0) is 6.42 Å². The molecule has 0 aromatic rings. The summed E-state index contributed by atoms with van der Waals surface area (Å²) in [5.41, 5.74) is 0. The molecule has 0 bridgehead atoms. The van der Waals surface area contributed by atoms with E-state index in [-0.39, 0.29) is 5.97 Å². The zero-order chi connectivity index (χ0) is 11.4. The predicted octanol–water partition coefficient (Wildman–Crippen LogP) is 0.619. The highest BCUT2D eigenvalue weighted by atomic mass is 16.5. The van der Waals surface area contributed by atoms with Gasteiger partial charge < -0.3 is 18.9 Å². The van der Waals surface area contributed by atoms with Gasteiger partial charge >= 0.3 is 5.97 Å². The van der Waals surface area contributed by atoms with Crippen LogP contribution in [0.15, 0.2) is 0 Å². The Kier molecular flexibility index (Phi) is 10.9. The first-order valence-electron chi connectivity index (χ1n) is 5.02. The van der Waals surface area contributed by atoms with Crippen LogP contribution in [-0.4, -0.2) is 53.2 Å². The van der Waals surface area contributed by atoms with E-state index in [0.717, 1.165) is 6.42 Å². The minimum atomic E-state index is -0.0463. The van der Waals surface area contributed by atoms with E-state index in [4.69, 9.17) is 14.2 Å². The predicted molar refractivity (Wildman–Crippen MR) is 54.8 cm³/mol. The number of cyclic esters (lactones) is 1. The Labute approximate surface area is 90.6 Å². The van der Waals surface area contributed by atoms with Crippen molar-refractivity contribution in [2.24, 2.45) is 0 Å². The highest BCUT2D eigenvalue weighted by molar-refractivity contribution is 5.70. The Morgan fingerprint density at radius 2 is 1.73 bits per heavy atom. The number of ether oxygens (including phenoxy) is 4. The summed E-state index contributed by atoms with van der Waals surface area (Å²) < 4.78 is 19.1. The van der Waals surface area contributed by atoms with Gasteiger partial charge in [0.2, 0.25) is 0 Å².